The van der Waals surface area contributed by atoms with Gasteiger partial charge < -0.3 is 4.42 Å². The highest BCUT2D eigenvalue weighted by atomic mass is 16.3. The molecule has 0 unspecified atom stereocenters. The van der Waals surface area contributed by atoms with Crippen LogP contribution in [-0.2, 0) is 5.41 Å². The summed E-state index contributed by atoms with van der Waals surface area (Å²) in [4.78, 5) is 16.5. The molecule has 0 saturated heterocycles. The fraction of sp³-hybridized carbons (Fsp3) is 0.0192. The number of rotatable bonds is 5. The van der Waals surface area contributed by atoms with Crippen LogP contribution in [0.2, 0.25) is 0 Å². The van der Waals surface area contributed by atoms with Gasteiger partial charge in [-0.15, -0.1) is 0 Å². The lowest BCUT2D eigenvalue weighted by Gasteiger charge is -2.32. The molecule has 0 N–H and O–H groups in total. The van der Waals surface area contributed by atoms with Gasteiger partial charge in [-0.2, -0.15) is 9.97 Å². The molecule has 0 aliphatic heterocycles. The van der Waals surface area contributed by atoms with Crippen molar-refractivity contribution in [3.63, 3.8) is 0 Å². The summed E-state index contributed by atoms with van der Waals surface area (Å²) in [5, 5.41) is 4.52. The van der Waals surface area contributed by atoms with Crippen molar-refractivity contribution >= 4 is 43.7 Å². The molecule has 1 aliphatic rings. The minimum absolute atomic E-state index is 0.575. The van der Waals surface area contributed by atoms with Crippen molar-refractivity contribution in [1.29, 1.82) is 0 Å². The van der Waals surface area contributed by atoms with E-state index in [1.165, 1.54) is 11.1 Å². The first-order chi connectivity index (χ1) is 28.3. The van der Waals surface area contributed by atoms with Crippen LogP contribution in [-0.4, -0.2) is 19.5 Å². The maximum Gasteiger partial charge on any atom is 0.238 e. The number of aromatic nitrogens is 4. The molecule has 3 aromatic heterocycles. The van der Waals surface area contributed by atoms with Crippen molar-refractivity contribution in [2.24, 2.45) is 0 Å². The molecule has 57 heavy (non-hydrogen) atoms. The summed E-state index contributed by atoms with van der Waals surface area (Å²) in [5.41, 5.74) is 12.0. The van der Waals surface area contributed by atoms with Crippen LogP contribution in [0.1, 0.15) is 22.5 Å². The predicted molar refractivity (Wildman–Crippen MR) is 230 cm³/mol. The Kier molecular flexibility index (Phi) is 6.78. The molecule has 0 saturated carbocycles. The molecule has 5 nitrogen and oxygen atoms in total. The number of fused-ring (bicyclic) bond motifs is 9. The van der Waals surface area contributed by atoms with Crippen LogP contribution in [0.25, 0.3) is 83.3 Å². The Morgan fingerprint density at radius 3 is 1.65 bits per heavy atom. The van der Waals surface area contributed by atoms with Crippen molar-refractivity contribution in [3.05, 3.63) is 217 Å². The lowest BCUT2D eigenvalue weighted by Crippen LogP contribution is -2.32. The maximum absolute atomic E-state index is 6.13. The van der Waals surface area contributed by atoms with Gasteiger partial charge in [-0.1, -0.05) is 164 Å². The Hall–Kier alpha value is -7.63. The smallest absolute Gasteiger partial charge is 0.238 e. The molecular weight excluding hydrogens is 697 g/mol. The second-order valence-corrected chi connectivity index (χ2v) is 14.7. The van der Waals surface area contributed by atoms with E-state index in [-0.39, 0.29) is 0 Å². The van der Waals surface area contributed by atoms with E-state index in [0.717, 1.165) is 77.1 Å². The summed E-state index contributed by atoms with van der Waals surface area (Å²) in [6, 6.07) is 68.3. The van der Waals surface area contributed by atoms with Gasteiger partial charge in [-0.25, -0.2) is 4.98 Å². The molecule has 0 amide bonds. The standard InChI is InChI=1S/C52H32N4O/c1-2-14-36(15-3-1)52(43-21-9-4-16-37(43)38-17-5-10-22-44(38)52)50-53-49(54-51(55-50)56-45-23-11-6-18-39(45)40-19-7-12-24-46(40)56)34-28-26-33(27-29-34)35-30-31-48-42(32-35)41-20-8-13-25-47(41)57-48/h1-32H. The molecule has 1 aliphatic carbocycles. The van der Waals surface area contributed by atoms with Gasteiger partial charge in [0.25, 0.3) is 0 Å². The van der Waals surface area contributed by atoms with Gasteiger partial charge in [0.05, 0.1) is 11.0 Å². The highest BCUT2D eigenvalue weighted by Crippen LogP contribution is 2.55. The molecule has 0 radical (unpaired) electrons. The maximum atomic E-state index is 6.13. The van der Waals surface area contributed by atoms with Gasteiger partial charge in [-0.3, -0.25) is 4.57 Å². The van der Waals surface area contributed by atoms with E-state index in [1.807, 2.05) is 12.1 Å². The molecule has 266 valence electrons. The second-order valence-electron chi connectivity index (χ2n) is 14.7. The number of hydrogen-bond acceptors (Lipinski definition) is 4. The van der Waals surface area contributed by atoms with E-state index in [1.54, 1.807) is 0 Å². The van der Waals surface area contributed by atoms with Gasteiger partial charge in [-0.05, 0) is 69.3 Å². The number of benzene rings is 8. The van der Waals surface area contributed by atoms with Crippen LogP contribution < -0.4 is 0 Å². The van der Waals surface area contributed by atoms with E-state index in [4.69, 9.17) is 19.4 Å². The number of hydrogen-bond donors (Lipinski definition) is 0. The third kappa shape index (κ3) is 4.60. The summed E-state index contributed by atoms with van der Waals surface area (Å²) in [5.74, 6) is 1.86. The van der Waals surface area contributed by atoms with Gasteiger partial charge in [0.2, 0.25) is 5.95 Å². The topological polar surface area (TPSA) is 56.7 Å². The second kappa shape index (κ2) is 12.2. The molecule has 0 spiro atoms. The van der Waals surface area contributed by atoms with Crippen LogP contribution in [0.5, 0.6) is 0 Å². The third-order valence-corrected chi connectivity index (χ3v) is 11.8. The van der Waals surface area contributed by atoms with Gasteiger partial charge >= 0.3 is 0 Å². The zero-order valence-electron chi connectivity index (χ0n) is 30.7. The summed E-state index contributed by atoms with van der Waals surface area (Å²) in [7, 11) is 0. The van der Waals surface area contributed by atoms with Crippen molar-refractivity contribution in [1.82, 2.24) is 19.5 Å². The minimum atomic E-state index is -0.803. The molecule has 0 bridgehead atoms. The first-order valence-corrected chi connectivity index (χ1v) is 19.3. The quantitative estimate of drug-likeness (QED) is 0.177. The lowest BCUT2D eigenvalue weighted by atomic mass is 9.71. The predicted octanol–water partition coefficient (Wildman–Crippen LogP) is 12.6. The van der Waals surface area contributed by atoms with E-state index < -0.39 is 5.41 Å². The van der Waals surface area contributed by atoms with Gasteiger partial charge in [0.1, 0.15) is 16.6 Å². The van der Waals surface area contributed by atoms with E-state index in [0.29, 0.717) is 17.6 Å². The summed E-state index contributed by atoms with van der Waals surface area (Å²) in [6.07, 6.45) is 0. The Morgan fingerprint density at radius 2 is 0.947 bits per heavy atom. The average Bonchev–Trinajstić information content (AvgIpc) is 3.93. The van der Waals surface area contributed by atoms with Crippen LogP contribution >= 0.6 is 0 Å². The molecule has 11 aromatic rings. The third-order valence-electron chi connectivity index (χ3n) is 11.8. The van der Waals surface area contributed by atoms with Crippen LogP contribution in [0.4, 0.5) is 0 Å². The normalized spacial score (nSPS) is 13.1. The first-order valence-electron chi connectivity index (χ1n) is 19.3. The molecule has 0 atom stereocenters. The van der Waals surface area contributed by atoms with E-state index >= 15 is 0 Å². The van der Waals surface area contributed by atoms with Gasteiger partial charge in [0, 0.05) is 27.1 Å². The SMILES string of the molecule is c1ccc(C2(c3nc(-c4ccc(-c5ccc6oc7ccccc7c6c5)cc4)nc(-n4c5ccccc5c5ccccc54)n3)c3ccccc3-c3ccccc32)cc1. The monoisotopic (exact) mass is 728 g/mol. The highest BCUT2D eigenvalue weighted by molar-refractivity contribution is 6.09. The van der Waals surface area contributed by atoms with Crippen molar-refractivity contribution in [2.45, 2.75) is 5.41 Å². The average molecular weight is 729 g/mol. The van der Waals surface area contributed by atoms with Crippen LogP contribution in [0, 0.1) is 0 Å². The first kappa shape index (κ1) is 31.7. The Balaban J connectivity index is 1.12. The van der Waals surface area contributed by atoms with Crippen LogP contribution in [0.15, 0.2) is 199 Å². The van der Waals surface area contributed by atoms with Crippen molar-refractivity contribution in [2.75, 3.05) is 0 Å². The lowest BCUT2D eigenvalue weighted by molar-refractivity contribution is 0.669. The van der Waals surface area contributed by atoms with Gasteiger partial charge in [0.15, 0.2) is 11.6 Å². The summed E-state index contributed by atoms with van der Waals surface area (Å²) >= 11 is 0. The Morgan fingerprint density at radius 1 is 0.404 bits per heavy atom. The molecule has 8 aromatic carbocycles. The highest BCUT2D eigenvalue weighted by Gasteiger charge is 2.48. The molecule has 12 rings (SSSR count). The van der Waals surface area contributed by atoms with E-state index in [9.17, 15) is 0 Å². The number of para-hydroxylation sites is 3. The molecular formula is C52H32N4O. The molecule has 5 heteroatoms. The largest absolute Gasteiger partial charge is 0.456 e. The minimum Gasteiger partial charge on any atom is -0.456 e. The van der Waals surface area contributed by atoms with Crippen LogP contribution in [0.3, 0.4) is 0 Å². The zero-order chi connectivity index (χ0) is 37.5. The number of nitrogens with zero attached hydrogens (tertiary/aromatic N) is 4. The zero-order valence-corrected chi connectivity index (χ0v) is 30.7. The van der Waals surface area contributed by atoms with Crippen molar-refractivity contribution in [3.8, 4) is 39.6 Å². The fourth-order valence-corrected chi connectivity index (χ4v) is 9.22. The molecule has 3 heterocycles. The molecule has 0 fully saturated rings. The summed E-state index contributed by atoms with van der Waals surface area (Å²) < 4.78 is 8.33. The number of furan rings is 1. The Labute approximate surface area is 328 Å². The fourth-order valence-electron chi connectivity index (χ4n) is 9.22. The Bertz CT molecular complexity index is 3260. The summed E-state index contributed by atoms with van der Waals surface area (Å²) in [6.45, 7) is 0. The van der Waals surface area contributed by atoms with Crippen molar-refractivity contribution < 1.29 is 4.42 Å². The van der Waals surface area contributed by atoms with E-state index in [2.05, 4.69) is 187 Å².